The minimum atomic E-state index is -0.601. The minimum absolute atomic E-state index is 0.181. The maximum Gasteiger partial charge on any atom is 0.243 e. The summed E-state index contributed by atoms with van der Waals surface area (Å²) in [7, 11) is 0. The van der Waals surface area contributed by atoms with E-state index in [0.717, 1.165) is 24.5 Å². The lowest BCUT2D eigenvalue weighted by molar-refractivity contribution is -0.127. The lowest BCUT2D eigenvalue weighted by Gasteiger charge is -2.19. The van der Waals surface area contributed by atoms with E-state index in [9.17, 15) is 14.0 Å². The number of amides is 2. The number of thioether (sulfide) groups is 1. The molecule has 2 rings (SSSR count). The molecule has 132 valence electrons. The number of nitrogens with one attached hydrogen (secondary N) is 2. The number of hydrogen-bond acceptors (Lipinski definition) is 4. The first kappa shape index (κ1) is 18.7. The van der Waals surface area contributed by atoms with E-state index in [2.05, 4.69) is 15.5 Å². The van der Waals surface area contributed by atoms with Crippen molar-refractivity contribution in [1.29, 1.82) is 0 Å². The van der Waals surface area contributed by atoms with Gasteiger partial charge in [-0.2, -0.15) is 0 Å². The zero-order valence-electron chi connectivity index (χ0n) is 13.9. The highest BCUT2D eigenvalue weighted by atomic mass is 32.2. The number of benzene rings is 1. The second kappa shape index (κ2) is 9.64. The van der Waals surface area contributed by atoms with Crippen molar-refractivity contribution in [2.75, 3.05) is 31.9 Å². The summed E-state index contributed by atoms with van der Waals surface area (Å²) in [6.07, 6.45) is 2.44. The van der Waals surface area contributed by atoms with E-state index < -0.39 is 6.04 Å². The number of hydrogen-bond donors (Lipinski definition) is 2. The summed E-state index contributed by atoms with van der Waals surface area (Å²) in [5.41, 5.74) is 0. The Balaban J connectivity index is 1.80. The van der Waals surface area contributed by atoms with Gasteiger partial charge in [0.25, 0.3) is 0 Å². The normalized spacial score (nSPS) is 15.9. The monoisotopic (exact) mass is 353 g/mol. The second-order valence-corrected chi connectivity index (χ2v) is 6.95. The topological polar surface area (TPSA) is 61.4 Å². The fourth-order valence-corrected chi connectivity index (χ4v) is 3.53. The van der Waals surface area contributed by atoms with Crippen LogP contribution in [0.5, 0.6) is 0 Å². The van der Waals surface area contributed by atoms with Gasteiger partial charge in [0, 0.05) is 30.7 Å². The summed E-state index contributed by atoms with van der Waals surface area (Å²) in [5, 5.41) is 5.57. The minimum Gasteiger partial charge on any atom is -0.353 e. The zero-order valence-corrected chi connectivity index (χ0v) is 14.7. The maximum atomic E-state index is 12.9. The van der Waals surface area contributed by atoms with Crippen molar-refractivity contribution in [3.05, 3.63) is 30.1 Å². The smallest absolute Gasteiger partial charge is 0.243 e. The summed E-state index contributed by atoms with van der Waals surface area (Å²) in [6.45, 7) is 4.99. The lowest BCUT2D eigenvalue weighted by atomic mass is 10.3. The maximum absolute atomic E-state index is 12.9. The van der Waals surface area contributed by atoms with E-state index in [4.69, 9.17) is 0 Å². The van der Waals surface area contributed by atoms with E-state index in [0.29, 0.717) is 12.3 Å². The van der Waals surface area contributed by atoms with Crippen molar-refractivity contribution in [2.45, 2.75) is 30.7 Å². The standard InChI is InChI=1S/C17H24FN3O2S/c1-13(22)20-16(12-24-15-6-4-14(18)5-7-15)17(23)19-8-11-21-9-2-3-10-21/h4-7,16H,2-3,8-12H2,1H3,(H,19,23)(H,20,22). The van der Waals surface area contributed by atoms with Crippen LogP contribution in [0.3, 0.4) is 0 Å². The Morgan fingerprint density at radius 1 is 1.25 bits per heavy atom. The van der Waals surface area contributed by atoms with Crippen LogP contribution in [0, 0.1) is 5.82 Å². The number of likely N-dealkylation sites (tertiary alicyclic amines) is 1. The number of carbonyl (C=O) groups is 2. The number of nitrogens with zero attached hydrogens (tertiary/aromatic N) is 1. The van der Waals surface area contributed by atoms with Gasteiger partial charge in [0.05, 0.1) is 0 Å². The first-order chi connectivity index (χ1) is 11.5. The van der Waals surface area contributed by atoms with Crippen LogP contribution in [0.2, 0.25) is 0 Å². The predicted molar refractivity (Wildman–Crippen MR) is 93.4 cm³/mol. The van der Waals surface area contributed by atoms with Crippen LogP contribution in [-0.4, -0.2) is 54.7 Å². The zero-order chi connectivity index (χ0) is 17.4. The van der Waals surface area contributed by atoms with Gasteiger partial charge in [0.1, 0.15) is 11.9 Å². The summed E-state index contributed by atoms with van der Waals surface area (Å²) < 4.78 is 12.9. The van der Waals surface area contributed by atoms with Gasteiger partial charge < -0.3 is 15.5 Å². The van der Waals surface area contributed by atoms with Crippen LogP contribution in [0.25, 0.3) is 0 Å². The molecule has 1 heterocycles. The molecule has 0 aromatic heterocycles. The molecule has 24 heavy (non-hydrogen) atoms. The van der Waals surface area contributed by atoms with Crippen molar-refractivity contribution in [1.82, 2.24) is 15.5 Å². The van der Waals surface area contributed by atoms with Crippen molar-refractivity contribution in [3.8, 4) is 0 Å². The number of carbonyl (C=O) groups excluding carboxylic acids is 2. The third kappa shape index (κ3) is 6.49. The molecular weight excluding hydrogens is 329 g/mol. The Bertz CT molecular complexity index is 547. The predicted octanol–water partition coefficient (Wildman–Crippen LogP) is 1.63. The third-order valence-corrected chi connectivity index (χ3v) is 4.96. The van der Waals surface area contributed by atoms with Gasteiger partial charge in [-0.15, -0.1) is 11.8 Å². The molecule has 0 spiro atoms. The average Bonchev–Trinajstić information content (AvgIpc) is 3.06. The highest BCUT2D eigenvalue weighted by Crippen LogP contribution is 2.19. The Kier molecular flexibility index (Phi) is 7.52. The molecule has 2 amide bonds. The third-order valence-electron chi connectivity index (χ3n) is 3.85. The molecule has 0 radical (unpaired) electrons. The fourth-order valence-electron chi connectivity index (χ4n) is 2.61. The van der Waals surface area contributed by atoms with Crippen LogP contribution in [0.15, 0.2) is 29.2 Å². The van der Waals surface area contributed by atoms with Gasteiger partial charge >= 0.3 is 0 Å². The summed E-state index contributed by atoms with van der Waals surface area (Å²) in [6, 6.07) is 5.49. The molecule has 0 aliphatic carbocycles. The second-order valence-electron chi connectivity index (χ2n) is 5.86. The summed E-state index contributed by atoms with van der Waals surface area (Å²) in [5.74, 6) is -0.313. The van der Waals surface area contributed by atoms with Gasteiger partial charge in [0.2, 0.25) is 11.8 Å². The molecule has 1 aromatic carbocycles. The molecule has 1 saturated heterocycles. The van der Waals surface area contributed by atoms with Crippen molar-refractivity contribution < 1.29 is 14.0 Å². The number of halogens is 1. The highest BCUT2D eigenvalue weighted by molar-refractivity contribution is 7.99. The summed E-state index contributed by atoms with van der Waals surface area (Å²) in [4.78, 5) is 26.8. The highest BCUT2D eigenvalue weighted by Gasteiger charge is 2.20. The van der Waals surface area contributed by atoms with Gasteiger partial charge in [-0.05, 0) is 50.2 Å². The molecule has 2 N–H and O–H groups in total. The number of rotatable bonds is 8. The van der Waals surface area contributed by atoms with Gasteiger partial charge in [0.15, 0.2) is 0 Å². The molecule has 5 nitrogen and oxygen atoms in total. The Morgan fingerprint density at radius 3 is 2.54 bits per heavy atom. The molecule has 1 fully saturated rings. The van der Waals surface area contributed by atoms with Crippen molar-refractivity contribution in [3.63, 3.8) is 0 Å². The first-order valence-corrected chi connectivity index (χ1v) is 9.18. The molecule has 1 atom stereocenters. The molecular formula is C17H24FN3O2S. The molecule has 1 unspecified atom stereocenters. The molecule has 1 aliphatic rings. The van der Waals surface area contributed by atoms with Crippen molar-refractivity contribution >= 4 is 23.6 Å². The lowest BCUT2D eigenvalue weighted by Crippen LogP contribution is -2.49. The van der Waals surface area contributed by atoms with E-state index >= 15 is 0 Å². The van der Waals surface area contributed by atoms with E-state index in [1.165, 1.54) is 43.7 Å². The summed E-state index contributed by atoms with van der Waals surface area (Å²) >= 11 is 1.41. The fraction of sp³-hybridized carbons (Fsp3) is 0.529. The molecule has 7 heteroatoms. The van der Waals surface area contributed by atoms with Crippen LogP contribution in [-0.2, 0) is 9.59 Å². The Morgan fingerprint density at radius 2 is 1.92 bits per heavy atom. The quantitative estimate of drug-likeness (QED) is 0.698. The van der Waals surface area contributed by atoms with Crippen molar-refractivity contribution in [2.24, 2.45) is 0 Å². The van der Waals surface area contributed by atoms with Crippen LogP contribution in [0.4, 0.5) is 4.39 Å². The van der Waals surface area contributed by atoms with E-state index in [-0.39, 0.29) is 17.6 Å². The molecule has 0 bridgehead atoms. The van der Waals surface area contributed by atoms with Gasteiger partial charge in [-0.25, -0.2) is 4.39 Å². The largest absolute Gasteiger partial charge is 0.353 e. The van der Waals surface area contributed by atoms with Crippen LogP contribution < -0.4 is 10.6 Å². The molecule has 0 saturated carbocycles. The Labute approximate surface area is 146 Å². The van der Waals surface area contributed by atoms with Crippen LogP contribution >= 0.6 is 11.8 Å². The molecule has 1 aliphatic heterocycles. The SMILES string of the molecule is CC(=O)NC(CSc1ccc(F)cc1)C(=O)NCCN1CCCC1. The molecule has 1 aromatic rings. The van der Waals surface area contributed by atoms with E-state index in [1.807, 2.05) is 0 Å². The van der Waals surface area contributed by atoms with Gasteiger partial charge in [-0.1, -0.05) is 0 Å². The van der Waals surface area contributed by atoms with E-state index in [1.54, 1.807) is 12.1 Å². The van der Waals surface area contributed by atoms with Crippen LogP contribution in [0.1, 0.15) is 19.8 Å². The average molecular weight is 353 g/mol. The Hall–Kier alpha value is -1.60. The van der Waals surface area contributed by atoms with Gasteiger partial charge in [-0.3, -0.25) is 9.59 Å². The first-order valence-electron chi connectivity index (χ1n) is 8.20.